The number of nitrogens with one attached hydrogen (secondary N) is 2. The minimum Gasteiger partial charge on any atom is -0.497 e. The molecule has 0 saturated heterocycles. The predicted octanol–water partition coefficient (Wildman–Crippen LogP) is 1.82. The van der Waals surface area contributed by atoms with Gasteiger partial charge in [0.25, 0.3) is 0 Å². The Hall–Kier alpha value is -2.55. The number of nitrogens with zero attached hydrogens (tertiary/aromatic N) is 3. The number of hydrogen-bond donors (Lipinski definition) is 2. The molecule has 1 heterocycles. The summed E-state index contributed by atoms with van der Waals surface area (Å²) in [6, 6.07) is 6.93. The highest BCUT2D eigenvalue weighted by molar-refractivity contribution is 7.99. The van der Waals surface area contributed by atoms with Gasteiger partial charge >= 0.3 is 6.03 Å². The summed E-state index contributed by atoms with van der Waals surface area (Å²) in [7, 11) is 3.43. The first-order chi connectivity index (χ1) is 11.9. The number of hydrogen-bond acceptors (Lipinski definition) is 6. The van der Waals surface area contributed by atoms with Crippen molar-refractivity contribution in [2.24, 2.45) is 7.05 Å². The zero-order chi connectivity index (χ0) is 18.4. The van der Waals surface area contributed by atoms with Gasteiger partial charge < -0.3 is 14.6 Å². The van der Waals surface area contributed by atoms with Gasteiger partial charge in [-0.15, -0.1) is 10.2 Å². The van der Waals surface area contributed by atoms with Gasteiger partial charge in [-0.05, 0) is 38.1 Å². The maximum absolute atomic E-state index is 11.8. The van der Waals surface area contributed by atoms with Crippen LogP contribution in [0.3, 0.4) is 0 Å². The van der Waals surface area contributed by atoms with Crippen LogP contribution in [-0.4, -0.2) is 45.6 Å². The minimum absolute atomic E-state index is 0.0359. The number of carbonyl (C=O) groups is 2. The van der Waals surface area contributed by atoms with E-state index in [9.17, 15) is 9.59 Å². The Morgan fingerprint density at radius 3 is 2.52 bits per heavy atom. The number of urea groups is 1. The number of thioether (sulfide) groups is 1. The standard InChI is InChI=1S/C16H21N5O3S/c1-10(2)17-15(23)18-13(22)9-25-16-20-19-14(21(16)3)11-5-7-12(24-4)8-6-11/h5-8,10H,9H2,1-4H3,(H2,17,18,22,23). The van der Waals surface area contributed by atoms with E-state index in [1.165, 1.54) is 11.8 Å². The molecule has 1 aromatic heterocycles. The van der Waals surface area contributed by atoms with Gasteiger partial charge in [-0.2, -0.15) is 0 Å². The highest BCUT2D eigenvalue weighted by Gasteiger charge is 2.14. The molecular formula is C16H21N5O3S. The number of amides is 3. The first-order valence-corrected chi connectivity index (χ1v) is 8.66. The van der Waals surface area contributed by atoms with Crippen molar-refractivity contribution < 1.29 is 14.3 Å². The highest BCUT2D eigenvalue weighted by Crippen LogP contribution is 2.24. The number of rotatable bonds is 6. The Labute approximate surface area is 150 Å². The fourth-order valence-corrected chi connectivity index (χ4v) is 2.73. The lowest BCUT2D eigenvalue weighted by molar-refractivity contribution is -0.117. The van der Waals surface area contributed by atoms with Gasteiger partial charge in [-0.3, -0.25) is 10.1 Å². The molecule has 2 aromatic rings. The summed E-state index contributed by atoms with van der Waals surface area (Å²) in [6.45, 7) is 3.64. The van der Waals surface area contributed by atoms with Crippen molar-refractivity contribution in [1.29, 1.82) is 0 Å². The average molecular weight is 363 g/mol. The zero-order valence-corrected chi connectivity index (χ0v) is 15.4. The van der Waals surface area contributed by atoms with Crippen LogP contribution < -0.4 is 15.4 Å². The smallest absolute Gasteiger partial charge is 0.321 e. The third-order valence-corrected chi connectivity index (χ3v) is 4.21. The molecule has 3 amide bonds. The van der Waals surface area contributed by atoms with Crippen LogP contribution in [0.1, 0.15) is 13.8 Å². The topological polar surface area (TPSA) is 98.1 Å². The van der Waals surface area contributed by atoms with E-state index < -0.39 is 11.9 Å². The number of benzene rings is 1. The lowest BCUT2D eigenvalue weighted by atomic mass is 10.2. The Morgan fingerprint density at radius 1 is 1.24 bits per heavy atom. The molecule has 0 saturated carbocycles. The predicted molar refractivity (Wildman–Crippen MR) is 95.5 cm³/mol. The van der Waals surface area contributed by atoms with E-state index in [0.29, 0.717) is 11.0 Å². The lowest BCUT2D eigenvalue weighted by Crippen LogP contribution is -2.43. The van der Waals surface area contributed by atoms with E-state index in [1.54, 1.807) is 11.7 Å². The first kappa shape index (κ1) is 18.8. The summed E-state index contributed by atoms with van der Waals surface area (Å²) in [6.07, 6.45) is 0. The second-order valence-electron chi connectivity index (χ2n) is 5.56. The molecule has 25 heavy (non-hydrogen) atoms. The van der Waals surface area contributed by atoms with Gasteiger partial charge in [0, 0.05) is 18.7 Å². The van der Waals surface area contributed by atoms with E-state index in [-0.39, 0.29) is 11.8 Å². The van der Waals surface area contributed by atoms with Gasteiger partial charge in [0.1, 0.15) is 5.75 Å². The number of ether oxygens (including phenoxy) is 1. The van der Waals surface area contributed by atoms with Crippen LogP contribution in [0.25, 0.3) is 11.4 Å². The molecule has 0 bridgehead atoms. The van der Waals surface area contributed by atoms with Crippen molar-refractivity contribution in [2.45, 2.75) is 25.0 Å². The van der Waals surface area contributed by atoms with E-state index in [4.69, 9.17) is 4.74 Å². The van der Waals surface area contributed by atoms with Crippen molar-refractivity contribution in [2.75, 3.05) is 12.9 Å². The fraction of sp³-hybridized carbons (Fsp3) is 0.375. The van der Waals surface area contributed by atoms with Crippen LogP contribution in [-0.2, 0) is 11.8 Å². The lowest BCUT2D eigenvalue weighted by Gasteiger charge is -2.09. The monoisotopic (exact) mass is 363 g/mol. The molecule has 0 aliphatic heterocycles. The summed E-state index contributed by atoms with van der Waals surface area (Å²) in [5, 5.41) is 13.7. The van der Waals surface area contributed by atoms with Crippen molar-refractivity contribution in [3.63, 3.8) is 0 Å². The Kier molecular flexibility index (Phi) is 6.40. The molecule has 0 aliphatic carbocycles. The Balaban J connectivity index is 1.96. The van der Waals surface area contributed by atoms with Crippen molar-refractivity contribution in [1.82, 2.24) is 25.4 Å². The molecule has 8 nitrogen and oxygen atoms in total. The van der Waals surface area contributed by atoms with Crippen LogP contribution in [0.4, 0.5) is 4.79 Å². The summed E-state index contributed by atoms with van der Waals surface area (Å²) in [5.41, 5.74) is 0.892. The van der Waals surface area contributed by atoms with Gasteiger partial charge in [0.05, 0.1) is 12.9 Å². The van der Waals surface area contributed by atoms with E-state index >= 15 is 0 Å². The second-order valence-corrected chi connectivity index (χ2v) is 6.50. The Bertz CT molecular complexity index is 743. The molecule has 1 aromatic carbocycles. The normalized spacial score (nSPS) is 10.6. The third-order valence-electron chi connectivity index (χ3n) is 3.19. The van der Waals surface area contributed by atoms with Crippen LogP contribution in [0.2, 0.25) is 0 Å². The molecular weight excluding hydrogens is 342 g/mol. The van der Waals surface area contributed by atoms with Crippen LogP contribution in [0.5, 0.6) is 5.75 Å². The average Bonchev–Trinajstić information content (AvgIpc) is 2.93. The van der Waals surface area contributed by atoms with Crippen LogP contribution in [0.15, 0.2) is 29.4 Å². The molecule has 0 unspecified atom stereocenters. The maximum atomic E-state index is 11.8. The molecule has 2 rings (SSSR count). The summed E-state index contributed by atoms with van der Waals surface area (Å²) >= 11 is 1.21. The third kappa shape index (κ3) is 5.21. The fourth-order valence-electron chi connectivity index (χ4n) is 2.02. The molecule has 0 atom stereocenters. The van der Waals surface area contributed by atoms with Crippen LogP contribution in [0, 0.1) is 0 Å². The summed E-state index contributed by atoms with van der Waals surface area (Å²) in [5.74, 6) is 1.12. The zero-order valence-electron chi connectivity index (χ0n) is 14.6. The molecule has 2 N–H and O–H groups in total. The van der Waals surface area contributed by atoms with Crippen molar-refractivity contribution in [3.05, 3.63) is 24.3 Å². The summed E-state index contributed by atoms with van der Waals surface area (Å²) in [4.78, 5) is 23.3. The number of imide groups is 1. The van der Waals surface area contributed by atoms with Gasteiger partial charge in [0.2, 0.25) is 5.91 Å². The minimum atomic E-state index is -0.502. The first-order valence-electron chi connectivity index (χ1n) is 7.67. The number of methoxy groups -OCH3 is 1. The van der Waals surface area contributed by atoms with Gasteiger partial charge in [-0.1, -0.05) is 11.8 Å². The van der Waals surface area contributed by atoms with E-state index in [0.717, 1.165) is 11.3 Å². The molecule has 0 aliphatic rings. The molecule has 9 heteroatoms. The molecule has 134 valence electrons. The van der Waals surface area contributed by atoms with E-state index in [1.807, 2.05) is 45.2 Å². The highest BCUT2D eigenvalue weighted by atomic mass is 32.2. The van der Waals surface area contributed by atoms with Gasteiger partial charge in [-0.25, -0.2) is 4.79 Å². The summed E-state index contributed by atoms with van der Waals surface area (Å²) < 4.78 is 6.94. The van der Waals surface area contributed by atoms with Crippen LogP contribution >= 0.6 is 11.8 Å². The quantitative estimate of drug-likeness (QED) is 0.760. The maximum Gasteiger partial charge on any atom is 0.321 e. The van der Waals surface area contributed by atoms with Crippen molar-refractivity contribution in [3.8, 4) is 17.1 Å². The largest absolute Gasteiger partial charge is 0.497 e. The molecule has 0 fully saturated rings. The molecule has 0 spiro atoms. The Morgan fingerprint density at radius 2 is 1.92 bits per heavy atom. The number of aromatic nitrogens is 3. The van der Waals surface area contributed by atoms with E-state index in [2.05, 4.69) is 20.8 Å². The second kappa shape index (κ2) is 8.52. The molecule has 0 radical (unpaired) electrons. The van der Waals surface area contributed by atoms with Crippen molar-refractivity contribution >= 4 is 23.7 Å². The van der Waals surface area contributed by atoms with Gasteiger partial charge in [0.15, 0.2) is 11.0 Å². The number of carbonyl (C=O) groups excluding carboxylic acids is 2. The SMILES string of the molecule is COc1ccc(-c2nnc(SCC(=O)NC(=O)NC(C)C)n2C)cc1.